The zero-order valence-electron chi connectivity index (χ0n) is 9.07. The highest BCUT2D eigenvalue weighted by Crippen LogP contribution is 2.18. The molecule has 1 saturated heterocycles. The Morgan fingerprint density at radius 2 is 2.13 bits per heavy atom. The number of carbonyl (C=O) groups is 2. The van der Waals surface area contributed by atoms with Gasteiger partial charge in [0.2, 0.25) is 5.91 Å². The Kier molecular flexibility index (Phi) is 4.34. The van der Waals surface area contributed by atoms with Gasteiger partial charge in [0.1, 0.15) is 0 Å². The third-order valence-electron chi connectivity index (χ3n) is 2.46. The van der Waals surface area contributed by atoms with Gasteiger partial charge in [0.05, 0.1) is 0 Å². The first-order chi connectivity index (χ1) is 7.15. The molecule has 4 nitrogen and oxygen atoms in total. The van der Waals surface area contributed by atoms with Crippen molar-refractivity contribution in [2.24, 2.45) is 0 Å². The van der Waals surface area contributed by atoms with E-state index < -0.39 is 6.23 Å². The lowest BCUT2D eigenvalue weighted by Crippen LogP contribution is -2.41. The lowest BCUT2D eigenvalue weighted by atomic mass is 10.2. The van der Waals surface area contributed by atoms with Crippen molar-refractivity contribution in [3.63, 3.8) is 0 Å². The van der Waals surface area contributed by atoms with Crippen LogP contribution in [-0.4, -0.2) is 29.5 Å². The van der Waals surface area contributed by atoms with Crippen molar-refractivity contribution >= 4 is 11.9 Å². The van der Waals surface area contributed by atoms with Gasteiger partial charge in [0.15, 0.2) is 6.23 Å². The summed E-state index contributed by atoms with van der Waals surface area (Å²) in [5.74, 6) is -0.507. The average Bonchev–Trinajstić information content (AvgIpc) is 2.41. The first kappa shape index (κ1) is 11.8. The largest absolute Gasteiger partial charge is 0.442 e. The SMILES string of the molecule is C=CC(=O)N1CCCCCC1OC(C)=O. The van der Waals surface area contributed by atoms with Gasteiger partial charge in [0, 0.05) is 19.9 Å². The van der Waals surface area contributed by atoms with Gasteiger partial charge in [-0.15, -0.1) is 0 Å². The Bertz CT molecular complexity index is 263. The van der Waals surface area contributed by atoms with E-state index in [1.165, 1.54) is 13.0 Å². The second kappa shape index (κ2) is 5.53. The Balaban J connectivity index is 2.70. The molecule has 0 N–H and O–H groups in total. The third kappa shape index (κ3) is 3.38. The van der Waals surface area contributed by atoms with E-state index in [4.69, 9.17) is 4.74 Å². The van der Waals surface area contributed by atoms with Crippen LogP contribution in [0.2, 0.25) is 0 Å². The summed E-state index contributed by atoms with van der Waals surface area (Å²) in [5.41, 5.74) is 0. The van der Waals surface area contributed by atoms with Gasteiger partial charge in [-0.2, -0.15) is 0 Å². The van der Waals surface area contributed by atoms with Crippen molar-refractivity contribution in [1.82, 2.24) is 4.90 Å². The Morgan fingerprint density at radius 3 is 2.73 bits per heavy atom. The van der Waals surface area contributed by atoms with Crippen LogP contribution in [0.1, 0.15) is 32.6 Å². The van der Waals surface area contributed by atoms with Crippen LogP contribution in [-0.2, 0) is 14.3 Å². The van der Waals surface area contributed by atoms with E-state index in [1.807, 2.05) is 0 Å². The maximum atomic E-state index is 11.5. The van der Waals surface area contributed by atoms with Crippen LogP contribution in [0.5, 0.6) is 0 Å². The van der Waals surface area contributed by atoms with E-state index in [9.17, 15) is 9.59 Å². The number of carbonyl (C=O) groups excluding carboxylic acids is 2. The van der Waals surface area contributed by atoms with Crippen LogP contribution in [0.25, 0.3) is 0 Å². The predicted octanol–water partition coefficient (Wildman–Crippen LogP) is 1.46. The quantitative estimate of drug-likeness (QED) is 0.513. The van der Waals surface area contributed by atoms with Crippen LogP contribution in [0.4, 0.5) is 0 Å². The van der Waals surface area contributed by atoms with Crippen LogP contribution in [0.15, 0.2) is 12.7 Å². The van der Waals surface area contributed by atoms with Crippen molar-refractivity contribution in [2.75, 3.05) is 6.54 Å². The Hall–Kier alpha value is -1.32. The molecule has 0 radical (unpaired) electrons. The molecule has 0 aromatic rings. The van der Waals surface area contributed by atoms with Gasteiger partial charge < -0.3 is 9.64 Å². The topological polar surface area (TPSA) is 46.6 Å². The number of likely N-dealkylation sites (tertiary alicyclic amines) is 1. The van der Waals surface area contributed by atoms with Gasteiger partial charge in [-0.3, -0.25) is 9.59 Å². The summed E-state index contributed by atoms with van der Waals surface area (Å²) in [4.78, 5) is 24.0. The molecule has 1 rings (SSSR count). The zero-order valence-corrected chi connectivity index (χ0v) is 9.07. The fourth-order valence-corrected chi connectivity index (χ4v) is 1.76. The Morgan fingerprint density at radius 1 is 1.40 bits per heavy atom. The van der Waals surface area contributed by atoms with E-state index in [0.717, 1.165) is 25.7 Å². The lowest BCUT2D eigenvalue weighted by molar-refractivity contribution is -0.161. The highest BCUT2D eigenvalue weighted by molar-refractivity contribution is 5.87. The fraction of sp³-hybridized carbons (Fsp3) is 0.636. The minimum Gasteiger partial charge on any atom is -0.442 e. The van der Waals surface area contributed by atoms with Crippen LogP contribution >= 0.6 is 0 Å². The standard InChI is InChI=1S/C11H17NO3/c1-3-10(14)12-8-6-4-5-7-11(12)15-9(2)13/h3,11H,1,4-8H2,2H3. The number of amides is 1. The molecule has 0 saturated carbocycles. The summed E-state index contributed by atoms with van der Waals surface area (Å²) < 4.78 is 5.13. The number of nitrogens with zero attached hydrogens (tertiary/aromatic N) is 1. The molecule has 0 spiro atoms. The maximum Gasteiger partial charge on any atom is 0.304 e. The summed E-state index contributed by atoms with van der Waals surface area (Å²) in [6.07, 6.45) is 4.59. The van der Waals surface area contributed by atoms with Crippen molar-refractivity contribution in [1.29, 1.82) is 0 Å². The number of hydrogen-bond acceptors (Lipinski definition) is 3. The number of hydrogen-bond donors (Lipinski definition) is 0. The van der Waals surface area contributed by atoms with Gasteiger partial charge in [0.25, 0.3) is 0 Å². The van der Waals surface area contributed by atoms with Crippen LogP contribution in [0.3, 0.4) is 0 Å². The fourth-order valence-electron chi connectivity index (χ4n) is 1.76. The van der Waals surface area contributed by atoms with E-state index in [-0.39, 0.29) is 11.9 Å². The monoisotopic (exact) mass is 211 g/mol. The summed E-state index contributed by atoms with van der Waals surface area (Å²) in [6.45, 7) is 5.45. The van der Waals surface area contributed by atoms with Gasteiger partial charge in [-0.25, -0.2) is 0 Å². The summed E-state index contributed by atoms with van der Waals surface area (Å²) in [7, 11) is 0. The molecule has 1 fully saturated rings. The van der Waals surface area contributed by atoms with Crippen molar-refractivity contribution in [2.45, 2.75) is 38.8 Å². The highest BCUT2D eigenvalue weighted by Gasteiger charge is 2.25. The van der Waals surface area contributed by atoms with Gasteiger partial charge in [-0.05, 0) is 18.9 Å². The van der Waals surface area contributed by atoms with Crippen LogP contribution in [0, 0.1) is 0 Å². The smallest absolute Gasteiger partial charge is 0.304 e. The maximum absolute atomic E-state index is 11.5. The molecular formula is C11H17NO3. The molecule has 0 bridgehead atoms. The predicted molar refractivity (Wildman–Crippen MR) is 55.9 cm³/mol. The Labute approximate surface area is 89.9 Å². The molecule has 84 valence electrons. The van der Waals surface area contributed by atoms with Crippen molar-refractivity contribution < 1.29 is 14.3 Å². The normalized spacial score (nSPS) is 21.7. The van der Waals surface area contributed by atoms with E-state index in [0.29, 0.717) is 6.54 Å². The molecule has 0 aromatic carbocycles. The highest BCUT2D eigenvalue weighted by atomic mass is 16.6. The van der Waals surface area contributed by atoms with Crippen LogP contribution < -0.4 is 0 Å². The summed E-state index contributed by atoms with van der Waals surface area (Å²) in [6, 6.07) is 0. The second-order valence-corrected chi connectivity index (χ2v) is 3.65. The van der Waals surface area contributed by atoms with Gasteiger partial charge >= 0.3 is 5.97 Å². The minimum atomic E-state index is -0.407. The number of esters is 1. The molecule has 0 aliphatic carbocycles. The van der Waals surface area contributed by atoms with Crippen molar-refractivity contribution in [3.8, 4) is 0 Å². The molecule has 15 heavy (non-hydrogen) atoms. The van der Waals surface area contributed by atoms with E-state index in [2.05, 4.69) is 6.58 Å². The molecule has 1 amide bonds. The first-order valence-corrected chi connectivity index (χ1v) is 5.25. The second-order valence-electron chi connectivity index (χ2n) is 3.65. The molecule has 1 heterocycles. The summed E-state index contributed by atoms with van der Waals surface area (Å²) >= 11 is 0. The molecular weight excluding hydrogens is 194 g/mol. The molecule has 1 unspecified atom stereocenters. The third-order valence-corrected chi connectivity index (χ3v) is 2.46. The number of ether oxygens (including phenoxy) is 1. The molecule has 1 aliphatic rings. The average molecular weight is 211 g/mol. The minimum absolute atomic E-state index is 0.164. The van der Waals surface area contributed by atoms with E-state index >= 15 is 0 Å². The molecule has 0 aromatic heterocycles. The first-order valence-electron chi connectivity index (χ1n) is 5.25. The molecule has 4 heteroatoms. The number of rotatable bonds is 2. The zero-order chi connectivity index (χ0) is 11.3. The molecule has 1 atom stereocenters. The molecule has 1 aliphatic heterocycles. The van der Waals surface area contributed by atoms with Gasteiger partial charge in [-0.1, -0.05) is 13.0 Å². The van der Waals surface area contributed by atoms with E-state index in [1.54, 1.807) is 4.90 Å². The lowest BCUT2D eigenvalue weighted by Gasteiger charge is -2.28. The van der Waals surface area contributed by atoms with Crippen molar-refractivity contribution in [3.05, 3.63) is 12.7 Å². The summed E-state index contributed by atoms with van der Waals surface area (Å²) in [5, 5.41) is 0.